The standard InChI is InChI=1S/C21H19N3O5S/c1-3-18(25)29-16-9-8-13(12-17(16)28-2)19(26)23-15-7-5-4-6-14(15)20(27)24-21-22-10-11-30-21/h4-12H,3H2,1-2H3,(H,23,26)(H,22,24,27). The van der Waals surface area contributed by atoms with Crippen LogP contribution in [0.15, 0.2) is 54.0 Å². The molecule has 1 aromatic heterocycles. The summed E-state index contributed by atoms with van der Waals surface area (Å²) in [6, 6.07) is 11.1. The summed E-state index contributed by atoms with van der Waals surface area (Å²) in [5.74, 6) is -0.773. The molecule has 9 heteroatoms. The molecule has 8 nitrogen and oxygen atoms in total. The summed E-state index contributed by atoms with van der Waals surface area (Å²) >= 11 is 1.29. The maximum absolute atomic E-state index is 12.7. The number of hydrogen-bond donors (Lipinski definition) is 2. The third-order valence-electron chi connectivity index (χ3n) is 4.01. The van der Waals surface area contributed by atoms with Gasteiger partial charge in [0, 0.05) is 23.6 Å². The first-order valence-electron chi connectivity index (χ1n) is 9.01. The highest BCUT2D eigenvalue weighted by Gasteiger charge is 2.17. The van der Waals surface area contributed by atoms with Crippen LogP contribution in [-0.4, -0.2) is 29.9 Å². The normalized spacial score (nSPS) is 10.2. The van der Waals surface area contributed by atoms with Gasteiger partial charge in [0.25, 0.3) is 11.8 Å². The summed E-state index contributed by atoms with van der Waals surface area (Å²) in [6.07, 6.45) is 1.80. The summed E-state index contributed by atoms with van der Waals surface area (Å²) in [4.78, 5) is 40.9. The van der Waals surface area contributed by atoms with Crippen LogP contribution in [0.2, 0.25) is 0 Å². The van der Waals surface area contributed by atoms with Crippen molar-refractivity contribution in [3.8, 4) is 11.5 Å². The van der Waals surface area contributed by atoms with Gasteiger partial charge in [-0.3, -0.25) is 19.7 Å². The fourth-order valence-electron chi connectivity index (χ4n) is 2.52. The molecule has 0 bridgehead atoms. The molecule has 0 radical (unpaired) electrons. The average Bonchev–Trinajstić information content (AvgIpc) is 3.27. The van der Waals surface area contributed by atoms with E-state index in [0.717, 1.165) is 0 Å². The Balaban J connectivity index is 1.79. The number of carbonyl (C=O) groups excluding carboxylic acids is 3. The number of nitrogens with one attached hydrogen (secondary N) is 2. The van der Waals surface area contributed by atoms with Crippen molar-refractivity contribution in [3.63, 3.8) is 0 Å². The van der Waals surface area contributed by atoms with Gasteiger partial charge in [-0.1, -0.05) is 19.1 Å². The van der Waals surface area contributed by atoms with Gasteiger partial charge in [0.1, 0.15) is 0 Å². The monoisotopic (exact) mass is 425 g/mol. The van der Waals surface area contributed by atoms with Crippen LogP contribution in [0.5, 0.6) is 11.5 Å². The highest BCUT2D eigenvalue weighted by atomic mass is 32.1. The molecule has 0 fully saturated rings. The molecule has 0 aliphatic carbocycles. The number of thiazole rings is 1. The number of benzene rings is 2. The van der Waals surface area contributed by atoms with Crippen molar-refractivity contribution in [1.29, 1.82) is 0 Å². The maximum atomic E-state index is 12.7. The van der Waals surface area contributed by atoms with Crippen LogP contribution in [0.25, 0.3) is 0 Å². The van der Waals surface area contributed by atoms with Crippen LogP contribution in [0.3, 0.4) is 0 Å². The van der Waals surface area contributed by atoms with Crippen molar-refractivity contribution in [1.82, 2.24) is 4.98 Å². The van der Waals surface area contributed by atoms with Crippen LogP contribution in [0, 0.1) is 0 Å². The molecule has 0 aliphatic rings. The quantitative estimate of drug-likeness (QED) is 0.438. The second kappa shape index (κ2) is 9.66. The number of hydrogen-bond acceptors (Lipinski definition) is 7. The van der Waals surface area contributed by atoms with Gasteiger partial charge in [-0.15, -0.1) is 11.3 Å². The van der Waals surface area contributed by atoms with Crippen LogP contribution < -0.4 is 20.1 Å². The fraction of sp³-hybridized carbons (Fsp3) is 0.143. The SMILES string of the molecule is CCC(=O)Oc1ccc(C(=O)Nc2ccccc2C(=O)Nc2nccs2)cc1OC. The first-order valence-corrected chi connectivity index (χ1v) is 9.89. The molecule has 2 N–H and O–H groups in total. The minimum Gasteiger partial charge on any atom is -0.493 e. The van der Waals surface area contributed by atoms with Crippen molar-refractivity contribution in [3.05, 3.63) is 65.2 Å². The molecule has 0 spiro atoms. The lowest BCUT2D eigenvalue weighted by Gasteiger charge is -2.13. The molecule has 2 amide bonds. The summed E-state index contributed by atoms with van der Waals surface area (Å²) in [6.45, 7) is 1.68. The van der Waals surface area contributed by atoms with E-state index >= 15 is 0 Å². The summed E-state index contributed by atoms with van der Waals surface area (Å²) in [5, 5.41) is 7.63. The van der Waals surface area contributed by atoms with E-state index in [0.29, 0.717) is 16.4 Å². The number of methoxy groups -OCH3 is 1. The van der Waals surface area contributed by atoms with Crippen LogP contribution >= 0.6 is 11.3 Å². The number of esters is 1. The highest BCUT2D eigenvalue weighted by molar-refractivity contribution is 7.13. The third kappa shape index (κ3) is 5.00. The van der Waals surface area contributed by atoms with Gasteiger partial charge in [0.15, 0.2) is 16.6 Å². The van der Waals surface area contributed by atoms with Crippen molar-refractivity contribution in [2.45, 2.75) is 13.3 Å². The molecule has 0 unspecified atom stereocenters. The number of amides is 2. The Morgan fingerprint density at radius 2 is 1.83 bits per heavy atom. The molecule has 0 atom stereocenters. The smallest absolute Gasteiger partial charge is 0.311 e. The summed E-state index contributed by atoms with van der Waals surface area (Å²) in [7, 11) is 1.42. The molecule has 0 aliphatic heterocycles. The molecule has 0 saturated carbocycles. The molecule has 30 heavy (non-hydrogen) atoms. The Bertz CT molecular complexity index is 1070. The number of ether oxygens (including phenoxy) is 2. The lowest BCUT2D eigenvalue weighted by molar-refractivity contribution is -0.134. The average molecular weight is 425 g/mol. The van der Waals surface area contributed by atoms with Crippen LogP contribution in [0.4, 0.5) is 10.8 Å². The van der Waals surface area contributed by atoms with E-state index in [-0.39, 0.29) is 29.4 Å². The van der Waals surface area contributed by atoms with Gasteiger partial charge in [-0.05, 0) is 30.3 Å². The minimum atomic E-state index is -0.448. The first-order chi connectivity index (χ1) is 14.5. The number of carbonyl (C=O) groups is 3. The molecule has 2 aromatic carbocycles. The Kier molecular flexibility index (Phi) is 6.76. The van der Waals surface area contributed by atoms with Crippen LogP contribution in [0.1, 0.15) is 34.1 Å². The van der Waals surface area contributed by atoms with Crippen molar-refractivity contribution < 1.29 is 23.9 Å². The summed E-state index contributed by atoms with van der Waals surface area (Å²) < 4.78 is 10.4. The molecule has 154 valence electrons. The first kappa shape index (κ1) is 21.0. The molecular weight excluding hydrogens is 406 g/mol. The Hall–Kier alpha value is -3.72. The fourth-order valence-corrected chi connectivity index (χ4v) is 3.05. The van der Waals surface area contributed by atoms with Crippen LogP contribution in [-0.2, 0) is 4.79 Å². The zero-order chi connectivity index (χ0) is 21.5. The van der Waals surface area contributed by atoms with Crippen molar-refractivity contribution >= 4 is 39.9 Å². The minimum absolute atomic E-state index is 0.214. The van der Waals surface area contributed by atoms with E-state index in [9.17, 15) is 14.4 Å². The molecule has 1 heterocycles. The number of nitrogens with zero attached hydrogens (tertiary/aromatic N) is 1. The Morgan fingerprint density at radius 1 is 1.03 bits per heavy atom. The van der Waals surface area contributed by atoms with Crippen molar-refractivity contribution in [2.75, 3.05) is 17.7 Å². The second-order valence-corrected chi connectivity index (χ2v) is 6.88. The zero-order valence-corrected chi connectivity index (χ0v) is 17.1. The van der Waals surface area contributed by atoms with E-state index in [2.05, 4.69) is 15.6 Å². The Morgan fingerprint density at radius 3 is 2.53 bits per heavy atom. The van der Waals surface area contributed by atoms with Gasteiger partial charge in [0.05, 0.1) is 18.4 Å². The van der Waals surface area contributed by atoms with Gasteiger partial charge in [-0.2, -0.15) is 0 Å². The number of aromatic nitrogens is 1. The topological polar surface area (TPSA) is 107 Å². The molecule has 3 aromatic rings. The number of anilines is 2. The summed E-state index contributed by atoms with van der Waals surface area (Å²) in [5.41, 5.74) is 0.914. The molecule has 3 rings (SSSR count). The van der Waals surface area contributed by atoms with E-state index in [1.807, 2.05) is 0 Å². The lowest BCUT2D eigenvalue weighted by Crippen LogP contribution is -2.18. The van der Waals surface area contributed by atoms with Crippen molar-refractivity contribution in [2.24, 2.45) is 0 Å². The van der Waals surface area contributed by atoms with E-state index in [1.54, 1.807) is 42.8 Å². The predicted molar refractivity (Wildman–Crippen MR) is 113 cm³/mol. The second-order valence-electron chi connectivity index (χ2n) is 5.98. The third-order valence-corrected chi connectivity index (χ3v) is 4.70. The number of rotatable bonds is 7. The van der Waals surface area contributed by atoms with Gasteiger partial charge in [-0.25, -0.2) is 4.98 Å². The predicted octanol–water partition coefficient (Wildman–Crippen LogP) is 3.97. The van der Waals surface area contributed by atoms with Gasteiger partial charge in [0.2, 0.25) is 0 Å². The maximum Gasteiger partial charge on any atom is 0.311 e. The molecule has 0 saturated heterocycles. The van der Waals surface area contributed by atoms with Gasteiger partial charge < -0.3 is 14.8 Å². The molecular formula is C21H19N3O5S. The lowest BCUT2D eigenvalue weighted by atomic mass is 10.1. The van der Waals surface area contributed by atoms with Gasteiger partial charge >= 0.3 is 5.97 Å². The van der Waals surface area contributed by atoms with E-state index in [4.69, 9.17) is 9.47 Å². The van der Waals surface area contributed by atoms with E-state index in [1.165, 1.54) is 36.6 Å². The largest absolute Gasteiger partial charge is 0.493 e. The number of para-hydroxylation sites is 1. The Labute approximate surface area is 176 Å². The zero-order valence-electron chi connectivity index (χ0n) is 16.3. The highest BCUT2D eigenvalue weighted by Crippen LogP contribution is 2.29. The van der Waals surface area contributed by atoms with E-state index < -0.39 is 11.9 Å².